The minimum Gasteiger partial charge on any atom is -0.316 e. The second-order valence-corrected chi connectivity index (χ2v) is 6.01. The molecule has 0 spiro atoms. The second kappa shape index (κ2) is 6.47. The predicted molar refractivity (Wildman–Crippen MR) is 84.1 cm³/mol. The summed E-state index contributed by atoms with van der Waals surface area (Å²) in [6, 6.07) is 2.38. The molecule has 2 aromatic heterocycles. The number of nitrogens with one attached hydrogen (secondary N) is 2. The van der Waals surface area contributed by atoms with Crippen molar-refractivity contribution in [3.05, 3.63) is 28.7 Å². The fraction of sp³-hybridized carbons (Fsp3) is 0.462. The first-order valence-electron chi connectivity index (χ1n) is 6.49. The molecular formula is C13H18ClN5S. The lowest BCUT2D eigenvalue weighted by molar-refractivity contribution is 0.623. The number of halogens is 1. The molecule has 108 valence electrons. The molecule has 0 bridgehead atoms. The van der Waals surface area contributed by atoms with Crippen LogP contribution in [-0.4, -0.2) is 21.5 Å². The van der Waals surface area contributed by atoms with E-state index in [1.54, 1.807) is 11.3 Å². The van der Waals surface area contributed by atoms with Crippen molar-refractivity contribution in [2.75, 3.05) is 11.9 Å². The molecule has 3 rings (SSSR count). The van der Waals surface area contributed by atoms with Crippen LogP contribution in [0.25, 0.3) is 0 Å². The molecule has 1 unspecified atom stereocenters. The Kier molecular flexibility index (Phi) is 4.91. The Balaban J connectivity index is 0.00000147. The van der Waals surface area contributed by atoms with Crippen LogP contribution in [0.2, 0.25) is 0 Å². The summed E-state index contributed by atoms with van der Waals surface area (Å²) in [4.78, 5) is 14.4. The Labute approximate surface area is 128 Å². The van der Waals surface area contributed by atoms with Gasteiger partial charge in [0.25, 0.3) is 0 Å². The first-order valence-corrected chi connectivity index (χ1v) is 7.31. The number of nitrogens with zero attached hydrogens (tertiary/aromatic N) is 3. The SMILES string of the molecule is Cc1nc(Nc2ncc(C)s2)cc(C2CCCN2)n1.Cl. The van der Waals surface area contributed by atoms with Crippen molar-refractivity contribution < 1.29 is 0 Å². The molecule has 1 saturated heterocycles. The predicted octanol–water partition coefficient (Wildman–Crippen LogP) is 3.14. The van der Waals surface area contributed by atoms with Gasteiger partial charge < -0.3 is 10.6 Å². The number of aromatic nitrogens is 3. The summed E-state index contributed by atoms with van der Waals surface area (Å²) in [5.74, 6) is 1.62. The van der Waals surface area contributed by atoms with E-state index in [0.29, 0.717) is 6.04 Å². The minimum absolute atomic E-state index is 0. The van der Waals surface area contributed by atoms with Crippen LogP contribution in [0, 0.1) is 13.8 Å². The maximum absolute atomic E-state index is 4.53. The monoisotopic (exact) mass is 311 g/mol. The fourth-order valence-electron chi connectivity index (χ4n) is 2.29. The smallest absolute Gasteiger partial charge is 0.188 e. The van der Waals surface area contributed by atoms with Crippen LogP contribution in [0.15, 0.2) is 12.3 Å². The van der Waals surface area contributed by atoms with Gasteiger partial charge in [-0.05, 0) is 33.2 Å². The van der Waals surface area contributed by atoms with Crippen LogP contribution >= 0.6 is 23.7 Å². The molecule has 0 radical (unpaired) electrons. The Bertz CT molecular complexity index is 580. The third kappa shape index (κ3) is 3.45. The van der Waals surface area contributed by atoms with Crippen molar-refractivity contribution in [1.29, 1.82) is 0 Å². The zero-order valence-corrected chi connectivity index (χ0v) is 13.1. The third-order valence-corrected chi connectivity index (χ3v) is 3.96. The van der Waals surface area contributed by atoms with Gasteiger partial charge in [-0.25, -0.2) is 15.0 Å². The number of hydrogen-bond acceptors (Lipinski definition) is 6. The maximum atomic E-state index is 4.53. The van der Waals surface area contributed by atoms with Crippen LogP contribution < -0.4 is 10.6 Å². The van der Waals surface area contributed by atoms with Crippen LogP contribution in [0.4, 0.5) is 10.9 Å². The Morgan fingerprint density at radius 2 is 2.20 bits per heavy atom. The van der Waals surface area contributed by atoms with Gasteiger partial charge >= 0.3 is 0 Å². The van der Waals surface area contributed by atoms with Gasteiger partial charge in [0.15, 0.2) is 5.13 Å². The molecule has 0 saturated carbocycles. The summed E-state index contributed by atoms with van der Waals surface area (Å²) in [6.07, 6.45) is 4.22. The highest BCUT2D eigenvalue weighted by Gasteiger charge is 2.18. The van der Waals surface area contributed by atoms with Gasteiger partial charge in [0.2, 0.25) is 0 Å². The highest BCUT2D eigenvalue weighted by atomic mass is 35.5. The molecule has 2 N–H and O–H groups in total. The molecule has 0 aliphatic carbocycles. The first kappa shape index (κ1) is 15.2. The lowest BCUT2D eigenvalue weighted by Gasteiger charge is -2.12. The van der Waals surface area contributed by atoms with Crippen LogP contribution in [0.3, 0.4) is 0 Å². The van der Waals surface area contributed by atoms with Crippen molar-refractivity contribution in [2.45, 2.75) is 32.7 Å². The van der Waals surface area contributed by atoms with E-state index in [2.05, 4.69) is 25.6 Å². The lowest BCUT2D eigenvalue weighted by atomic mass is 10.1. The average molecular weight is 312 g/mol. The van der Waals surface area contributed by atoms with Gasteiger partial charge in [-0.1, -0.05) is 0 Å². The van der Waals surface area contributed by atoms with Gasteiger partial charge in [0.1, 0.15) is 11.6 Å². The van der Waals surface area contributed by atoms with E-state index in [1.165, 1.54) is 11.3 Å². The lowest BCUT2D eigenvalue weighted by Crippen LogP contribution is -2.15. The van der Waals surface area contributed by atoms with E-state index in [9.17, 15) is 0 Å². The highest BCUT2D eigenvalue weighted by Crippen LogP contribution is 2.25. The van der Waals surface area contributed by atoms with E-state index in [0.717, 1.165) is 35.4 Å². The molecule has 3 heterocycles. The molecule has 1 aliphatic heterocycles. The number of hydrogen-bond donors (Lipinski definition) is 2. The zero-order chi connectivity index (χ0) is 13.2. The van der Waals surface area contributed by atoms with E-state index < -0.39 is 0 Å². The summed E-state index contributed by atoms with van der Waals surface area (Å²) in [5.41, 5.74) is 1.07. The largest absolute Gasteiger partial charge is 0.316 e. The van der Waals surface area contributed by atoms with Crippen molar-refractivity contribution in [3.63, 3.8) is 0 Å². The summed E-state index contributed by atoms with van der Waals surface area (Å²) < 4.78 is 0. The topological polar surface area (TPSA) is 62.7 Å². The van der Waals surface area contributed by atoms with Gasteiger partial charge in [-0.15, -0.1) is 23.7 Å². The molecule has 5 nitrogen and oxygen atoms in total. The van der Waals surface area contributed by atoms with Crippen molar-refractivity contribution in [2.24, 2.45) is 0 Å². The van der Waals surface area contributed by atoms with E-state index in [-0.39, 0.29) is 12.4 Å². The highest BCUT2D eigenvalue weighted by molar-refractivity contribution is 7.15. The summed E-state index contributed by atoms with van der Waals surface area (Å²) in [5, 5.41) is 7.60. The van der Waals surface area contributed by atoms with Crippen LogP contribution in [0.1, 0.15) is 35.3 Å². The van der Waals surface area contributed by atoms with Crippen LogP contribution in [0.5, 0.6) is 0 Å². The van der Waals surface area contributed by atoms with Gasteiger partial charge in [-0.2, -0.15) is 0 Å². The Hall–Kier alpha value is -1.24. The van der Waals surface area contributed by atoms with Crippen molar-refractivity contribution in [1.82, 2.24) is 20.3 Å². The standard InChI is InChI=1S/C13H17N5S.ClH/c1-8-7-15-13(19-8)18-12-6-11(16-9(2)17-12)10-4-3-5-14-10;/h6-7,10,14H,3-5H2,1-2H3,(H,15,16,17,18);1H. The van der Waals surface area contributed by atoms with Crippen LogP contribution in [-0.2, 0) is 0 Å². The normalized spacial score (nSPS) is 17.8. The maximum Gasteiger partial charge on any atom is 0.188 e. The summed E-state index contributed by atoms with van der Waals surface area (Å²) in [6.45, 7) is 5.04. The molecule has 1 aliphatic rings. The molecule has 1 atom stereocenters. The number of thiazole rings is 1. The van der Waals surface area contributed by atoms with Gasteiger partial charge in [-0.3, -0.25) is 0 Å². The van der Waals surface area contributed by atoms with Gasteiger partial charge in [0, 0.05) is 23.2 Å². The molecule has 2 aromatic rings. The van der Waals surface area contributed by atoms with E-state index in [1.807, 2.05) is 26.1 Å². The van der Waals surface area contributed by atoms with Crippen molar-refractivity contribution in [3.8, 4) is 0 Å². The zero-order valence-electron chi connectivity index (χ0n) is 11.5. The van der Waals surface area contributed by atoms with Gasteiger partial charge in [0.05, 0.1) is 5.69 Å². The molecule has 0 aromatic carbocycles. The molecule has 1 fully saturated rings. The molecule has 0 amide bonds. The molecule has 20 heavy (non-hydrogen) atoms. The average Bonchev–Trinajstić information content (AvgIpc) is 3.00. The Morgan fingerprint density at radius 1 is 1.35 bits per heavy atom. The number of rotatable bonds is 3. The third-order valence-electron chi connectivity index (χ3n) is 3.13. The number of anilines is 2. The van der Waals surface area contributed by atoms with E-state index >= 15 is 0 Å². The second-order valence-electron chi connectivity index (χ2n) is 4.78. The first-order chi connectivity index (χ1) is 9.20. The quantitative estimate of drug-likeness (QED) is 0.912. The van der Waals surface area contributed by atoms with E-state index in [4.69, 9.17) is 0 Å². The molecule has 7 heteroatoms. The van der Waals surface area contributed by atoms with Crippen molar-refractivity contribution >= 4 is 34.7 Å². The summed E-state index contributed by atoms with van der Waals surface area (Å²) >= 11 is 1.63. The Morgan fingerprint density at radius 3 is 2.85 bits per heavy atom. The summed E-state index contributed by atoms with van der Waals surface area (Å²) in [7, 11) is 0. The minimum atomic E-state index is 0. The molecular weight excluding hydrogens is 294 g/mol. The number of aryl methyl sites for hydroxylation is 2. The fourth-order valence-corrected chi connectivity index (χ4v) is 2.96.